The Morgan fingerprint density at radius 3 is 2.55 bits per heavy atom. The quantitative estimate of drug-likeness (QED) is 0.587. The molecule has 5 nitrogen and oxygen atoms in total. The summed E-state index contributed by atoms with van der Waals surface area (Å²) in [4.78, 5) is 11.2. The van der Waals surface area contributed by atoms with Crippen molar-refractivity contribution in [3.63, 3.8) is 0 Å². The lowest BCUT2D eigenvalue weighted by Gasteiger charge is -2.22. The Kier molecular flexibility index (Phi) is 3.97. The molecule has 1 aliphatic carbocycles. The Bertz CT molecular complexity index is 418. The average molecular weight is 284 g/mol. The van der Waals surface area contributed by atoms with Crippen LogP contribution in [0.1, 0.15) is 41.5 Å². The molecule has 2 aliphatic rings. The van der Waals surface area contributed by atoms with Gasteiger partial charge in [0.2, 0.25) is 0 Å². The van der Waals surface area contributed by atoms with E-state index in [0.29, 0.717) is 6.61 Å². The second-order valence-corrected chi connectivity index (χ2v) is 6.74. The summed E-state index contributed by atoms with van der Waals surface area (Å²) in [6, 6.07) is 0. The topological polar surface area (TPSA) is 54.0 Å². The lowest BCUT2D eigenvalue weighted by molar-refractivity contribution is -0.166. The van der Waals surface area contributed by atoms with E-state index in [1.165, 1.54) is 6.92 Å². The molecule has 5 heteroatoms. The van der Waals surface area contributed by atoms with Crippen LogP contribution in [0.25, 0.3) is 0 Å². The van der Waals surface area contributed by atoms with Crippen molar-refractivity contribution < 1.29 is 23.7 Å². The Balaban J connectivity index is 2.11. The van der Waals surface area contributed by atoms with Gasteiger partial charge in [-0.05, 0) is 46.3 Å². The molecule has 0 unspecified atom stereocenters. The molecular formula is C15H24O5. The van der Waals surface area contributed by atoms with Crippen LogP contribution in [0.2, 0.25) is 0 Å². The first-order chi connectivity index (χ1) is 9.07. The number of fused-ring (bicyclic) bond motifs is 1. The number of carbonyl (C=O) groups excluding carboxylic acids is 1. The van der Waals surface area contributed by atoms with E-state index in [-0.39, 0.29) is 23.8 Å². The third-order valence-corrected chi connectivity index (χ3v) is 3.17. The third-order valence-electron chi connectivity index (χ3n) is 3.17. The second-order valence-electron chi connectivity index (χ2n) is 6.74. The predicted octanol–water partition coefficient (Wildman–Crippen LogP) is 2.19. The fraction of sp³-hybridized carbons (Fsp3) is 0.800. The molecule has 1 saturated heterocycles. The van der Waals surface area contributed by atoms with Gasteiger partial charge in [0.15, 0.2) is 5.79 Å². The molecule has 0 bridgehead atoms. The summed E-state index contributed by atoms with van der Waals surface area (Å²) in [7, 11) is 0. The van der Waals surface area contributed by atoms with Crippen LogP contribution in [0.4, 0.5) is 0 Å². The predicted molar refractivity (Wildman–Crippen MR) is 73.2 cm³/mol. The van der Waals surface area contributed by atoms with E-state index in [4.69, 9.17) is 18.9 Å². The maximum absolute atomic E-state index is 11.2. The van der Waals surface area contributed by atoms with Crippen LogP contribution >= 0.6 is 0 Å². The maximum Gasteiger partial charge on any atom is 0.303 e. The summed E-state index contributed by atoms with van der Waals surface area (Å²) in [6.07, 6.45) is 0.986. The number of carbonyl (C=O) groups is 1. The van der Waals surface area contributed by atoms with Crippen molar-refractivity contribution in [2.75, 3.05) is 6.61 Å². The van der Waals surface area contributed by atoms with Crippen LogP contribution in [0.3, 0.4) is 0 Å². The number of hydrogen-bond donors (Lipinski definition) is 0. The number of ether oxygens (including phenoxy) is 4. The zero-order valence-electron chi connectivity index (χ0n) is 13.1. The molecule has 0 radical (unpaired) electrons. The van der Waals surface area contributed by atoms with Crippen molar-refractivity contribution in [3.8, 4) is 0 Å². The van der Waals surface area contributed by atoms with E-state index in [1.54, 1.807) is 0 Å². The Morgan fingerprint density at radius 2 is 2.00 bits per heavy atom. The van der Waals surface area contributed by atoms with E-state index in [0.717, 1.165) is 5.57 Å². The molecule has 1 aliphatic heterocycles. The van der Waals surface area contributed by atoms with Gasteiger partial charge in [-0.2, -0.15) is 0 Å². The van der Waals surface area contributed by atoms with Gasteiger partial charge in [-0.15, -0.1) is 0 Å². The van der Waals surface area contributed by atoms with Crippen LogP contribution in [-0.4, -0.2) is 42.3 Å². The van der Waals surface area contributed by atoms with E-state index < -0.39 is 11.9 Å². The Morgan fingerprint density at radius 1 is 1.35 bits per heavy atom. The molecule has 1 heterocycles. The van der Waals surface area contributed by atoms with Crippen LogP contribution in [0.5, 0.6) is 0 Å². The molecule has 114 valence electrons. The van der Waals surface area contributed by atoms with Gasteiger partial charge in [0, 0.05) is 6.92 Å². The molecule has 0 spiro atoms. The van der Waals surface area contributed by atoms with Crippen LogP contribution in [0.15, 0.2) is 11.6 Å². The highest BCUT2D eigenvalue weighted by molar-refractivity contribution is 5.66. The van der Waals surface area contributed by atoms with Crippen molar-refractivity contribution in [2.24, 2.45) is 0 Å². The summed E-state index contributed by atoms with van der Waals surface area (Å²) in [5, 5.41) is 0. The summed E-state index contributed by atoms with van der Waals surface area (Å²) >= 11 is 0. The van der Waals surface area contributed by atoms with Gasteiger partial charge in [-0.25, -0.2) is 0 Å². The zero-order chi connectivity index (χ0) is 15.1. The summed E-state index contributed by atoms with van der Waals surface area (Å²) < 4.78 is 22.8. The lowest BCUT2D eigenvalue weighted by atomic mass is 10.1. The molecule has 0 saturated carbocycles. The number of hydrogen-bond acceptors (Lipinski definition) is 5. The SMILES string of the molecule is CC(=O)O[C@H]1C=C(COC(C)(C)C)[C@H]2OC(C)(C)O[C@@H]12. The highest BCUT2D eigenvalue weighted by Gasteiger charge is 2.51. The molecule has 2 rings (SSSR count). The molecule has 1 fully saturated rings. The molecule has 0 amide bonds. The highest BCUT2D eigenvalue weighted by Crippen LogP contribution is 2.39. The van der Waals surface area contributed by atoms with Crippen molar-refractivity contribution in [2.45, 2.75) is 71.2 Å². The summed E-state index contributed by atoms with van der Waals surface area (Å²) in [6.45, 7) is 11.6. The number of esters is 1. The molecule has 0 aromatic heterocycles. The zero-order valence-corrected chi connectivity index (χ0v) is 13.1. The van der Waals surface area contributed by atoms with E-state index in [1.807, 2.05) is 40.7 Å². The third kappa shape index (κ3) is 3.59. The van der Waals surface area contributed by atoms with Crippen LogP contribution in [-0.2, 0) is 23.7 Å². The smallest absolute Gasteiger partial charge is 0.303 e. The number of rotatable bonds is 3. The monoisotopic (exact) mass is 284 g/mol. The fourth-order valence-corrected chi connectivity index (χ4v) is 2.44. The molecule has 0 N–H and O–H groups in total. The van der Waals surface area contributed by atoms with Crippen LogP contribution < -0.4 is 0 Å². The fourth-order valence-electron chi connectivity index (χ4n) is 2.44. The second kappa shape index (κ2) is 5.13. The minimum atomic E-state index is -0.672. The first-order valence-corrected chi connectivity index (χ1v) is 6.95. The molecule has 20 heavy (non-hydrogen) atoms. The standard InChI is InChI=1S/C15H24O5/c1-9(16)18-11-7-10(8-17-14(2,3)4)12-13(11)20-15(5,6)19-12/h7,11-13H,8H2,1-6H3/t11-,12+,13-/m0/s1. The summed E-state index contributed by atoms with van der Waals surface area (Å²) in [5.41, 5.74) is 0.743. The molecular weight excluding hydrogens is 260 g/mol. The first kappa shape index (κ1) is 15.5. The highest BCUT2D eigenvalue weighted by atomic mass is 16.8. The Hall–Kier alpha value is -0.910. The van der Waals surface area contributed by atoms with Crippen LogP contribution in [0, 0.1) is 0 Å². The van der Waals surface area contributed by atoms with Gasteiger partial charge in [-0.1, -0.05) is 0 Å². The molecule has 0 aromatic rings. The lowest BCUT2D eigenvalue weighted by Crippen LogP contribution is -2.33. The average Bonchev–Trinajstić information content (AvgIpc) is 2.69. The van der Waals surface area contributed by atoms with Gasteiger partial charge < -0.3 is 18.9 Å². The van der Waals surface area contributed by atoms with Crippen molar-refractivity contribution in [1.82, 2.24) is 0 Å². The van der Waals surface area contributed by atoms with Crippen molar-refractivity contribution >= 4 is 5.97 Å². The van der Waals surface area contributed by atoms with E-state index >= 15 is 0 Å². The Labute approximate surface area is 120 Å². The minimum absolute atomic E-state index is 0.211. The summed E-state index contributed by atoms with van der Waals surface area (Å²) in [5.74, 6) is -0.995. The normalized spacial score (nSPS) is 31.9. The maximum atomic E-state index is 11.2. The van der Waals surface area contributed by atoms with Crippen molar-refractivity contribution in [3.05, 3.63) is 11.6 Å². The van der Waals surface area contributed by atoms with Crippen molar-refractivity contribution in [1.29, 1.82) is 0 Å². The largest absolute Gasteiger partial charge is 0.455 e. The van der Waals surface area contributed by atoms with Gasteiger partial charge in [0.25, 0.3) is 0 Å². The van der Waals surface area contributed by atoms with E-state index in [2.05, 4.69) is 0 Å². The van der Waals surface area contributed by atoms with Gasteiger partial charge in [0.05, 0.1) is 12.2 Å². The molecule has 3 atom stereocenters. The molecule has 0 aromatic carbocycles. The van der Waals surface area contributed by atoms with E-state index in [9.17, 15) is 4.79 Å². The van der Waals surface area contributed by atoms with Gasteiger partial charge >= 0.3 is 5.97 Å². The minimum Gasteiger partial charge on any atom is -0.455 e. The van der Waals surface area contributed by atoms with Gasteiger partial charge in [-0.3, -0.25) is 4.79 Å². The van der Waals surface area contributed by atoms with Gasteiger partial charge in [0.1, 0.15) is 18.3 Å². The first-order valence-electron chi connectivity index (χ1n) is 6.95.